The summed E-state index contributed by atoms with van der Waals surface area (Å²) in [5.41, 5.74) is 5.18. The second-order valence-electron chi connectivity index (χ2n) is 9.18. The summed E-state index contributed by atoms with van der Waals surface area (Å²) in [6.07, 6.45) is 7.65. The van der Waals surface area contributed by atoms with E-state index in [1.807, 2.05) is 42.0 Å². The zero-order valence-corrected chi connectivity index (χ0v) is 20.2. The number of aryl methyl sites for hydroxylation is 1. The van der Waals surface area contributed by atoms with E-state index in [1.54, 1.807) is 13.4 Å². The van der Waals surface area contributed by atoms with Crippen LogP contribution in [0.3, 0.4) is 0 Å². The molecule has 5 rings (SSSR count). The minimum atomic E-state index is -0.214. The van der Waals surface area contributed by atoms with Crippen LogP contribution in [0.5, 0.6) is 5.75 Å². The first kappa shape index (κ1) is 23.5. The second kappa shape index (κ2) is 10.2. The molecule has 2 fully saturated rings. The van der Waals surface area contributed by atoms with Crippen molar-refractivity contribution in [2.24, 2.45) is 0 Å². The van der Waals surface area contributed by atoms with Gasteiger partial charge in [0.2, 0.25) is 0 Å². The van der Waals surface area contributed by atoms with Crippen LogP contribution in [0.25, 0.3) is 11.8 Å². The molecule has 0 spiro atoms. The maximum absolute atomic E-state index is 13.5. The largest absolute Gasteiger partial charge is 0.495 e. The van der Waals surface area contributed by atoms with Crippen molar-refractivity contribution in [1.82, 2.24) is 24.7 Å². The minimum absolute atomic E-state index is 0.0340. The van der Waals surface area contributed by atoms with Crippen LogP contribution < -0.4 is 10.1 Å². The summed E-state index contributed by atoms with van der Waals surface area (Å²) in [6, 6.07) is 13.2. The molecule has 0 saturated carbocycles. The summed E-state index contributed by atoms with van der Waals surface area (Å²) in [6.45, 7) is 4.63. The van der Waals surface area contributed by atoms with Crippen LogP contribution in [-0.2, 0) is 0 Å². The first-order valence-electron chi connectivity index (χ1n) is 12.1. The lowest BCUT2D eigenvalue weighted by molar-refractivity contribution is -0.0191. The lowest BCUT2D eigenvalue weighted by Crippen LogP contribution is -2.56. The summed E-state index contributed by atoms with van der Waals surface area (Å²) in [7, 11) is 1.68. The molecule has 7 nitrogen and oxygen atoms in total. The van der Waals surface area contributed by atoms with Crippen LogP contribution in [0.15, 0.2) is 60.7 Å². The van der Waals surface area contributed by atoms with Crippen molar-refractivity contribution in [3.63, 3.8) is 0 Å². The highest BCUT2D eigenvalue weighted by Crippen LogP contribution is 2.36. The van der Waals surface area contributed by atoms with E-state index in [-0.39, 0.29) is 24.8 Å². The van der Waals surface area contributed by atoms with Gasteiger partial charge in [0.05, 0.1) is 24.8 Å². The fraction of sp³-hybridized carbons (Fsp3) is 0.370. The number of aromatic nitrogens is 2. The Morgan fingerprint density at radius 1 is 1.23 bits per heavy atom. The zero-order valence-electron chi connectivity index (χ0n) is 20.2. The van der Waals surface area contributed by atoms with Crippen molar-refractivity contribution < 1.29 is 14.2 Å². The van der Waals surface area contributed by atoms with E-state index in [1.165, 1.54) is 12.1 Å². The van der Waals surface area contributed by atoms with E-state index in [0.717, 1.165) is 66.4 Å². The van der Waals surface area contributed by atoms with E-state index in [9.17, 15) is 9.50 Å². The maximum Gasteiger partial charge on any atom is 0.143 e. The Hall–Kier alpha value is -3.20. The molecule has 2 N–H and O–H groups in total. The Labute approximate surface area is 205 Å². The molecule has 0 radical (unpaired) electrons. The zero-order chi connectivity index (χ0) is 24.4. The molecule has 1 unspecified atom stereocenters. The van der Waals surface area contributed by atoms with E-state index < -0.39 is 0 Å². The fourth-order valence-electron chi connectivity index (χ4n) is 5.13. The number of hydrogen-bond donors (Lipinski definition) is 2. The topological polar surface area (TPSA) is 65.8 Å². The molecule has 2 aliphatic rings. The SMILES string of the molecule is COc1cc(/C=C2/CN3C(N2)N(CCCO)CC[C@H]3c2ccc(F)cc2)ccc1-n1cnc(C)c1. The summed E-state index contributed by atoms with van der Waals surface area (Å²) in [5, 5.41) is 13.1. The summed E-state index contributed by atoms with van der Waals surface area (Å²) < 4.78 is 21.2. The number of fused-ring (bicyclic) bond motifs is 1. The monoisotopic (exact) mass is 477 g/mol. The number of ether oxygens (including phenoxy) is 1. The van der Waals surface area contributed by atoms with E-state index >= 15 is 0 Å². The van der Waals surface area contributed by atoms with Gasteiger partial charge in [-0.15, -0.1) is 0 Å². The van der Waals surface area contributed by atoms with Gasteiger partial charge in [-0.25, -0.2) is 9.37 Å². The number of benzene rings is 2. The normalized spacial score (nSPS) is 21.8. The van der Waals surface area contributed by atoms with Crippen molar-refractivity contribution in [2.75, 3.05) is 33.4 Å². The summed E-state index contributed by atoms with van der Waals surface area (Å²) in [5.74, 6) is 0.565. The molecular weight excluding hydrogens is 445 g/mol. The number of aliphatic hydroxyl groups is 1. The van der Waals surface area contributed by atoms with Crippen LogP contribution in [0.2, 0.25) is 0 Å². The molecule has 3 heterocycles. The van der Waals surface area contributed by atoms with Crippen molar-refractivity contribution in [2.45, 2.75) is 32.1 Å². The highest BCUT2D eigenvalue weighted by atomic mass is 19.1. The van der Waals surface area contributed by atoms with Gasteiger partial charge < -0.3 is 19.7 Å². The average Bonchev–Trinajstić information content (AvgIpc) is 3.49. The van der Waals surface area contributed by atoms with Crippen LogP contribution in [0, 0.1) is 12.7 Å². The Balaban J connectivity index is 1.41. The lowest BCUT2D eigenvalue weighted by atomic mass is 9.99. The van der Waals surface area contributed by atoms with Gasteiger partial charge in [-0.3, -0.25) is 9.80 Å². The number of hydrogen-bond acceptors (Lipinski definition) is 6. The number of imidazole rings is 1. The van der Waals surface area contributed by atoms with E-state index in [0.29, 0.717) is 0 Å². The molecule has 8 heteroatoms. The molecular formula is C27H32FN5O2. The third-order valence-corrected chi connectivity index (χ3v) is 6.81. The molecule has 2 aromatic carbocycles. The van der Waals surface area contributed by atoms with Gasteiger partial charge in [-0.05, 0) is 61.2 Å². The van der Waals surface area contributed by atoms with Gasteiger partial charge in [-0.1, -0.05) is 18.2 Å². The highest BCUT2D eigenvalue weighted by molar-refractivity contribution is 5.60. The van der Waals surface area contributed by atoms with E-state index in [2.05, 4.69) is 32.2 Å². The number of nitrogens with one attached hydrogen (secondary N) is 1. The predicted octanol–water partition coefficient (Wildman–Crippen LogP) is 3.69. The number of methoxy groups -OCH3 is 1. The molecule has 0 amide bonds. The van der Waals surface area contributed by atoms with Gasteiger partial charge in [0.25, 0.3) is 0 Å². The highest BCUT2D eigenvalue weighted by Gasteiger charge is 2.40. The Bertz CT molecular complexity index is 1190. The summed E-state index contributed by atoms with van der Waals surface area (Å²) >= 11 is 0. The Morgan fingerprint density at radius 3 is 2.77 bits per heavy atom. The number of rotatable bonds is 7. The van der Waals surface area contributed by atoms with E-state index in [4.69, 9.17) is 4.74 Å². The van der Waals surface area contributed by atoms with Crippen molar-refractivity contribution in [3.8, 4) is 11.4 Å². The number of aliphatic hydroxyl groups excluding tert-OH is 1. The van der Waals surface area contributed by atoms with Crippen LogP contribution in [-0.4, -0.2) is 64.1 Å². The van der Waals surface area contributed by atoms with Gasteiger partial charge in [-0.2, -0.15) is 0 Å². The van der Waals surface area contributed by atoms with Gasteiger partial charge in [0, 0.05) is 44.2 Å². The molecule has 184 valence electrons. The summed E-state index contributed by atoms with van der Waals surface area (Å²) in [4.78, 5) is 9.13. The standard InChI is InChI=1S/C27H32FN5O2/c1-19-16-32(18-29-19)25-9-4-20(15-26(25)35-2)14-23-17-33-24(21-5-7-22(28)8-6-21)10-12-31(11-3-13-34)27(33)30-23/h4-9,14-16,18,24,27,30,34H,3,10-13,17H2,1-2H3/b23-14-/t24-,27?/m0/s1. The van der Waals surface area contributed by atoms with Crippen LogP contribution in [0.4, 0.5) is 4.39 Å². The van der Waals surface area contributed by atoms with Crippen LogP contribution >= 0.6 is 0 Å². The molecule has 2 aliphatic heterocycles. The van der Waals surface area contributed by atoms with Gasteiger partial charge in [0.1, 0.15) is 17.9 Å². The Kier molecular flexibility index (Phi) is 6.86. The number of halogens is 1. The Morgan fingerprint density at radius 2 is 2.06 bits per heavy atom. The molecule has 2 saturated heterocycles. The van der Waals surface area contributed by atoms with Gasteiger partial charge in [0.15, 0.2) is 0 Å². The van der Waals surface area contributed by atoms with Crippen LogP contribution in [0.1, 0.15) is 35.7 Å². The maximum atomic E-state index is 13.5. The van der Waals surface area contributed by atoms with Crippen molar-refractivity contribution in [3.05, 3.63) is 83.3 Å². The fourth-order valence-corrected chi connectivity index (χ4v) is 5.13. The third-order valence-electron chi connectivity index (χ3n) is 6.81. The van der Waals surface area contributed by atoms with Crippen molar-refractivity contribution in [1.29, 1.82) is 0 Å². The third kappa shape index (κ3) is 4.96. The molecule has 35 heavy (non-hydrogen) atoms. The minimum Gasteiger partial charge on any atom is -0.495 e. The molecule has 2 atom stereocenters. The van der Waals surface area contributed by atoms with Crippen molar-refractivity contribution >= 4 is 6.08 Å². The average molecular weight is 478 g/mol. The lowest BCUT2D eigenvalue weighted by Gasteiger charge is -2.44. The first-order chi connectivity index (χ1) is 17.1. The molecule has 3 aromatic rings. The first-order valence-corrected chi connectivity index (χ1v) is 12.1. The number of nitrogens with zero attached hydrogens (tertiary/aromatic N) is 4. The smallest absolute Gasteiger partial charge is 0.143 e. The molecule has 0 bridgehead atoms. The molecule has 0 aliphatic carbocycles. The quantitative estimate of drug-likeness (QED) is 0.541. The molecule has 1 aromatic heterocycles. The predicted molar refractivity (Wildman–Crippen MR) is 133 cm³/mol. The van der Waals surface area contributed by atoms with Gasteiger partial charge >= 0.3 is 0 Å². The second-order valence-corrected chi connectivity index (χ2v) is 9.18.